The van der Waals surface area contributed by atoms with Gasteiger partial charge in [-0.05, 0) is 32.4 Å². The molecule has 0 spiro atoms. The third-order valence-corrected chi connectivity index (χ3v) is 3.48. The molecule has 1 amide bonds. The van der Waals surface area contributed by atoms with Crippen molar-refractivity contribution < 1.29 is 9.90 Å². The van der Waals surface area contributed by atoms with Crippen LogP contribution in [0.2, 0.25) is 0 Å². The molecule has 18 heavy (non-hydrogen) atoms. The molecule has 1 saturated heterocycles. The molecule has 1 fully saturated rings. The number of benzene rings is 1. The van der Waals surface area contributed by atoms with Gasteiger partial charge in [0.1, 0.15) is 5.75 Å². The van der Waals surface area contributed by atoms with Crippen LogP contribution < -0.4 is 10.6 Å². The second kappa shape index (κ2) is 5.40. The minimum Gasteiger partial charge on any atom is -0.508 e. The first kappa shape index (κ1) is 12.9. The number of phenols is 1. The van der Waals surface area contributed by atoms with E-state index in [1.807, 2.05) is 6.07 Å². The predicted molar refractivity (Wildman–Crippen MR) is 70.5 cm³/mol. The highest BCUT2D eigenvalue weighted by Gasteiger charge is 2.28. The van der Waals surface area contributed by atoms with Crippen LogP contribution in [0.5, 0.6) is 5.75 Å². The third-order valence-electron chi connectivity index (χ3n) is 3.48. The van der Waals surface area contributed by atoms with Gasteiger partial charge in [-0.25, -0.2) is 0 Å². The number of hydrogen-bond acceptors (Lipinski definition) is 3. The Bertz CT molecular complexity index is 426. The predicted octanol–water partition coefficient (Wildman–Crippen LogP) is 1.19. The summed E-state index contributed by atoms with van der Waals surface area (Å²) in [6.07, 6.45) is 2.47. The van der Waals surface area contributed by atoms with E-state index in [-0.39, 0.29) is 23.6 Å². The summed E-state index contributed by atoms with van der Waals surface area (Å²) < 4.78 is 0. The molecule has 4 nitrogen and oxygen atoms in total. The van der Waals surface area contributed by atoms with E-state index in [2.05, 4.69) is 17.6 Å². The topological polar surface area (TPSA) is 61.4 Å². The fraction of sp³-hybridized carbons (Fsp3) is 0.500. The summed E-state index contributed by atoms with van der Waals surface area (Å²) in [4.78, 5) is 11.8. The summed E-state index contributed by atoms with van der Waals surface area (Å²) in [5.41, 5.74) is 0.688. The van der Waals surface area contributed by atoms with Crippen LogP contribution in [0.3, 0.4) is 0 Å². The molecular formula is C14H20N2O2. The lowest BCUT2D eigenvalue weighted by Gasteiger charge is -2.24. The molecule has 1 aliphatic rings. The largest absolute Gasteiger partial charge is 0.508 e. The number of rotatable bonds is 4. The van der Waals surface area contributed by atoms with E-state index >= 15 is 0 Å². The molecule has 0 radical (unpaired) electrons. The zero-order valence-electron chi connectivity index (χ0n) is 10.7. The number of carbonyl (C=O) groups is 1. The zero-order valence-corrected chi connectivity index (χ0v) is 10.7. The molecule has 1 atom stereocenters. The summed E-state index contributed by atoms with van der Waals surface area (Å²) in [5, 5.41) is 15.9. The number of para-hydroxylation sites is 1. The maximum absolute atomic E-state index is 11.8. The van der Waals surface area contributed by atoms with Gasteiger partial charge in [0.25, 0.3) is 0 Å². The molecule has 1 aromatic rings. The first-order valence-electron chi connectivity index (χ1n) is 6.38. The van der Waals surface area contributed by atoms with Crippen LogP contribution in [0.25, 0.3) is 0 Å². The molecule has 1 unspecified atom stereocenters. The number of phenolic OH excluding ortho intramolecular Hbond substituents is 1. The van der Waals surface area contributed by atoms with Crippen molar-refractivity contribution in [2.75, 3.05) is 13.1 Å². The number of carbonyl (C=O) groups excluding carboxylic acids is 1. The van der Waals surface area contributed by atoms with Crippen molar-refractivity contribution in [1.82, 2.24) is 10.6 Å². The highest BCUT2D eigenvalue weighted by molar-refractivity contribution is 5.79. The summed E-state index contributed by atoms with van der Waals surface area (Å²) in [6, 6.07) is 6.94. The van der Waals surface area contributed by atoms with Gasteiger partial charge < -0.3 is 15.7 Å². The lowest BCUT2D eigenvalue weighted by molar-refractivity contribution is -0.120. The molecule has 0 bridgehead atoms. The van der Waals surface area contributed by atoms with Gasteiger partial charge in [-0.3, -0.25) is 4.79 Å². The Balaban J connectivity index is 1.84. The van der Waals surface area contributed by atoms with Crippen molar-refractivity contribution in [3.05, 3.63) is 29.8 Å². The van der Waals surface area contributed by atoms with Gasteiger partial charge in [-0.15, -0.1) is 0 Å². The summed E-state index contributed by atoms with van der Waals surface area (Å²) in [6.45, 7) is 3.78. The number of nitrogens with one attached hydrogen (secondary N) is 2. The number of aromatic hydroxyl groups is 1. The quantitative estimate of drug-likeness (QED) is 0.750. The molecule has 1 aliphatic heterocycles. The van der Waals surface area contributed by atoms with Crippen molar-refractivity contribution in [3.8, 4) is 5.75 Å². The smallest absolute Gasteiger partial charge is 0.224 e. The van der Waals surface area contributed by atoms with Gasteiger partial charge in [-0.1, -0.05) is 18.2 Å². The van der Waals surface area contributed by atoms with Crippen molar-refractivity contribution in [2.24, 2.45) is 0 Å². The van der Waals surface area contributed by atoms with E-state index in [1.165, 1.54) is 0 Å². The van der Waals surface area contributed by atoms with Crippen LogP contribution in [0.4, 0.5) is 0 Å². The minimum atomic E-state index is -0.0496. The Morgan fingerprint density at radius 3 is 2.94 bits per heavy atom. The molecule has 0 aromatic heterocycles. The Labute approximate surface area is 107 Å². The van der Waals surface area contributed by atoms with Gasteiger partial charge in [0.05, 0.1) is 6.42 Å². The fourth-order valence-corrected chi connectivity index (χ4v) is 2.30. The lowest BCUT2D eigenvalue weighted by Crippen LogP contribution is -2.47. The first-order valence-corrected chi connectivity index (χ1v) is 6.38. The second-order valence-electron chi connectivity index (χ2n) is 5.17. The summed E-state index contributed by atoms with van der Waals surface area (Å²) in [7, 11) is 0. The molecule has 4 heteroatoms. The van der Waals surface area contributed by atoms with Crippen LogP contribution in [-0.4, -0.2) is 29.6 Å². The van der Waals surface area contributed by atoms with Crippen LogP contribution >= 0.6 is 0 Å². The normalized spacial score (nSPS) is 22.9. The molecular weight excluding hydrogens is 228 g/mol. The van der Waals surface area contributed by atoms with Crippen molar-refractivity contribution in [3.63, 3.8) is 0 Å². The molecule has 2 rings (SSSR count). The average Bonchev–Trinajstić information content (AvgIpc) is 2.77. The Morgan fingerprint density at radius 1 is 1.50 bits per heavy atom. The highest BCUT2D eigenvalue weighted by Crippen LogP contribution is 2.18. The monoisotopic (exact) mass is 248 g/mol. The Morgan fingerprint density at radius 2 is 2.28 bits per heavy atom. The fourth-order valence-electron chi connectivity index (χ4n) is 2.30. The first-order chi connectivity index (χ1) is 8.59. The molecule has 1 heterocycles. The van der Waals surface area contributed by atoms with Crippen LogP contribution in [0.15, 0.2) is 24.3 Å². The Hall–Kier alpha value is -1.55. The minimum absolute atomic E-state index is 0.0222. The van der Waals surface area contributed by atoms with Crippen molar-refractivity contribution >= 4 is 5.91 Å². The van der Waals surface area contributed by atoms with E-state index in [0.717, 1.165) is 19.4 Å². The van der Waals surface area contributed by atoms with E-state index in [1.54, 1.807) is 18.2 Å². The van der Waals surface area contributed by atoms with Crippen molar-refractivity contribution in [2.45, 2.75) is 31.7 Å². The zero-order chi connectivity index (χ0) is 13.0. The van der Waals surface area contributed by atoms with E-state index in [4.69, 9.17) is 0 Å². The van der Waals surface area contributed by atoms with E-state index in [9.17, 15) is 9.90 Å². The van der Waals surface area contributed by atoms with Crippen LogP contribution in [0.1, 0.15) is 25.3 Å². The van der Waals surface area contributed by atoms with Gasteiger partial charge >= 0.3 is 0 Å². The van der Waals surface area contributed by atoms with Crippen LogP contribution in [0, 0.1) is 0 Å². The molecule has 3 N–H and O–H groups in total. The molecule has 98 valence electrons. The highest BCUT2D eigenvalue weighted by atomic mass is 16.3. The van der Waals surface area contributed by atoms with Crippen molar-refractivity contribution in [1.29, 1.82) is 0 Å². The average molecular weight is 248 g/mol. The molecule has 1 aromatic carbocycles. The van der Waals surface area contributed by atoms with E-state index in [0.29, 0.717) is 12.1 Å². The SMILES string of the molecule is CC1(CNC(=O)Cc2ccccc2O)CCCN1. The maximum atomic E-state index is 11.8. The van der Waals surface area contributed by atoms with Gasteiger partial charge in [-0.2, -0.15) is 0 Å². The number of hydrogen-bond donors (Lipinski definition) is 3. The molecule has 0 aliphatic carbocycles. The van der Waals surface area contributed by atoms with Gasteiger partial charge in [0.2, 0.25) is 5.91 Å². The standard InChI is InChI=1S/C14H20N2O2/c1-14(7-4-8-16-14)10-15-13(18)9-11-5-2-3-6-12(11)17/h2-3,5-6,16-17H,4,7-10H2,1H3,(H,15,18). The third kappa shape index (κ3) is 3.23. The summed E-state index contributed by atoms with van der Waals surface area (Å²) >= 11 is 0. The van der Waals surface area contributed by atoms with Gasteiger partial charge in [0, 0.05) is 17.6 Å². The maximum Gasteiger partial charge on any atom is 0.224 e. The number of amides is 1. The second-order valence-corrected chi connectivity index (χ2v) is 5.17. The van der Waals surface area contributed by atoms with E-state index < -0.39 is 0 Å². The molecule has 0 saturated carbocycles. The van der Waals surface area contributed by atoms with Crippen LogP contribution in [-0.2, 0) is 11.2 Å². The Kier molecular flexibility index (Phi) is 3.87. The van der Waals surface area contributed by atoms with Gasteiger partial charge in [0.15, 0.2) is 0 Å². The summed E-state index contributed by atoms with van der Waals surface area (Å²) in [5.74, 6) is 0.129. The lowest BCUT2D eigenvalue weighted by atomic mass is 10.0.